The van der Waals surface area contributed by atoms with Crippen molar-refractivity contribution in [1.29, 1.82) is 5.26 Å². The number of amides is 3. The van der Waals surface area contributed by atoms with Crippen LogP contribution < -0.4 is 21.9 Å². The number of rotatable bonds is 7. The number of morpholine rings is 1. The summed E-state index contributed by atoms with van der Waals surface area (Å²) in [5, 5.41) is 15.2. The molecule has 0 bridgehead atoms. The predicted molar refractivity (Wildman–Crippen MR) is 158 cm³/mol. The van der Waals surface area contributed by atoms with Crippen LogP contribution in [-0.2, 0) is 22.6 Å². The van der Waals surface area contributed by atoms with Crippen LogP contribution in [0.1, 0.15) is 37.7 Å². The third-order valence-electron chi connectivity index (χ3n) is 8.28. The molecule has 6 rings (SSSR count). The van der Waals surface area contributed by atoms with E-state index < -0.39 is 18.0 Å². The van der Waals surface area contributed by atoms with Crippen molar-refractivity contribution >= 4 is 45.8 Å². The Bertz CT molecular complexity index is 1720. The fraction of sp³-hybridized carbons (Fsp3) is 0.433. The maximum absolute atomic E-state index is 13.4. The molecule has 2 aromatic carbocycles. The van der Waals surface area contributed by atoms with Gasteiger partial charge in [0, 0.05) is 31.0 Å². The quantitative estimate of drug-likeness (QED) is 0.429. The molecule has 42 heavy (non-hydrogen) atoms. The SMILES string of the molecule is N#Cc1ccc(NC(=O)C2CN(C(=O)Nc3ccc4c(c3)c(=O)n(CC3CC3)c(=O)n4CC3CCC3)CCO2)cc1Cl. The fourth-order valence-electron chi connectivity index (χ4n) is 5.43. The Morgan fingerprint density at radius 2 is 1.69 bits per heavy atom. The molecule has 2 aliphatic carbocycles. The van der Waals surface area contributed by atoms with Crippen molar-refractivity contribution in [3.05, 3.63) is 67.8 Å². The number of carbonyl (C=O) groups is 2. The second kappa shape index (κ2) is 11.6. The van der Waals surface area contributed by atoms with E-state index in [2.05, 4.69) is 10.6 Å². The first-order valence-corrected chi connectivity index (χ1v) is 14.6. The van der Waals surface area contributed by atoms with Crippen LogP contribution >= 0.6 is 11.6 Å². The first kappa shape index (κ1) is 28.0. The first-order chi connectivity index (χ1) is 20.3. The van der Waals surface area contributed by atoms with Gasteiger partial charge in [-0.05, 0) is 73.9 Å². The monoisotopic (exact) mass is 590 g/mol. The molecule has 1 aliphatic heterocycles. The maximum atomic E-state index is 13.4. The molecular weight excluding hydrogens is 560 g/mol. The van der Waals surface area contributed by atoms with Crippen LogP contribution in [0.2, 0.25) is 5.02 Å². The predicted octanol–water partition coefficient (Wildman–Crippen LogP) is 3.77. The molecule has 3 amide bonds. The Hall–Kier alpha value is -4.14. The van der Waals surface area contributed by atoms with E-state index in [9.17, 15) is 19.2 Å². The zero-order chi connectivity index (χ0) is 29.4. The van der Waals surface area contributed by atoms with E-state index in [1.807, 2.05) is 6.07 Å². The third kappa shape index (κ3) is 5.78. The van der Waals surface area contributed by atoms with Crippen LogP contribution in [0.15, 0.2) is 46.0 Å². The molecule has 1 saturated heterocycles. The van der Waals surface area contributed by atoms with Crippen molar-refractivity contribution in [2.45, 2.75) is 51.3 Å². The molecule has 2 N–H and O–H groups in total. The van der Waals surface area contributed by atoms with Crippen molar-refractivity contribution in [2.75, 3.05) is 30.3 Å². The van der Waals surface area contributed by atoms with E-state index in [1.165, 1.54) is 21.6 Å². The summed E-state index contributed by atoms with van der Waals surface area (Å²) in [5.41, 5.74) is 1.11. The van der Waals surface area contributed by atoms with Gasteiger partial charge in [-0.3, -0.25) is 18.7 Å². The number of ether oxygens (including phenoxy) is 1. The molecule has 2 heterocycles. The maximum Gasteiger partial charge on any atom is 0.331 e. The van der Waals surface area contributed by atoms with Crippen LogP contribution in [-0.4, -0.2) is 51.8 Å². The molecule has 1 unspecified atom stereocenters. The molecule has 1 aromatic heterocycles. The minimum Gasteiger partial charge on any atom is -0.365 e. The Labute approximate surface area is 246 Å². The average Bonchev–Trinajstić information content (AvgIpc) is 3.79. The summed E-state index contributed by atoms with van der Waals surface area (Å²) in [7, 11) is 0. The van der Waals surface area contributed by atoms with Crippen molar-refractivity contribution in [3.63, 3.8) is 0 Å². The molecule has 2 saturated carbocycles. The molecule has 3 fully saturated rings. The summed E-state index contributed by atoms with van der Waals surface area (Å²) >= 11 is 6.06. The number of carbonyl (C=O) groups excluding carboxylic acids is 2. The lowest BCUT2D eigenvalue weighted by molar-refractivity contribution is -0.131. The zero-order valence-electron chi connectivity index (χ0n) is 23.0. The van der Waals surface area contributed by atoms with E-state index in [-0.39, 0.29) is 36.0 Å². The number of anilines is 2. The van der Waals surface area contributed by atoms with Crippen molar-refractivity contribution in [2.24, 2.45) is 11.8 Å². The normalized spacial score (nSPS) is 18.8. The second-order valence-corrected chi connectivity index (χ2v) is 11.7. The standard InChI is InChI=1S/C30H31ClN6O5/c31-24-13-22(7-6-20(24)14-32)33-27(38)26-17-35(10-11-42-26)29(40)34-21-8-9-25-23(12-21)28(39)37(16-19-4-5-19)30(41)36(25)15-18-2-1-3-18/h6-9,12-13,18-19,26H,1-5,10-11,15-17H2,(H,33,38)(H,34,40). The van der Waals surface area contributed by atoms with Gasteiger partial charge in [-0.2, -0.15) is 5.26 Å². The van der Waals surface area contributed by atoms with Gasteiger partial charge < -0.3 is 20.3 Å². The Balaban J connectivity index is 1.18. The molecule has 0 radical (unpaired) electrons. The fourth-order valence-corrected chi connectivity index (χ4v) is 5.66. The number of nitriles is 1. The number of fused-ring (bicyclic) bond motifs is 1. The van der Waals surface area contributed by atoms with Crippen LogP contribution in [0.3, 0.4) is 0 Å². The Morgan fingerprint density at radius 3 is 2.38 bits per heavy atom. The van der Waals surface area contributed by atoms with Crippen LogP contribution in [0.25, 0.3) is 10.9 Å². The van der Waals surface area contributed by atoms with Crippen LogP contribution in [0.4, 0.5) is 16.2 Å². The van der Waals surface area contributed by atoms with Gasteiger partial charge in [0.25, 0.3) is 11.5 Å². The lowest BCUT2D eigenvalue weighted by Crippen LogP contribution is -2.51. The van der Waals surface area contributed by atoms with Crippen molar-refractivity contribution < 1.29 is 14.3 Å². The van der Waals surface area contributed by atoms with Crippen molar-refractivity contribution in [3.8, 4) is 6.07 Å². The molecular formula is C30H31ClN6O5. The lowest BCUT2D eigenvalue weighted by atomic mass is 9.85. The molecule has 12 heteroatoms. The number of halogens is 1. The number of aromatic nitrogens is 2. The van der Waals surface area contributed by atoms with Gasteiger partial charge in [0.05, 0.1) is 34.6 Å². The number of nitrogens with zero attached hydrogens (tertiary/aromatic N) is 4. The summed E-state index contributed by atoms with van der Waals surface area (Å²) in [4.78, 5) is 54.3. The third-order valence-corrected chi connectivity index (χ3v) is 8.60. The summed E-state index contributed by atoms with van der Waals surface area (Å²) in [5.74, 6) is 0.338. The van der Waals surface area contributed by atoms with Crippen LogP contribution in [0.5, 0.6) is 0 Å². The van der Waals surface area contributed by atoms with Gasteiger partial charge in [0.15, 0.2) is 6.10 Å². The summed E-state index contributed by atoms with van der Waals surface area (Å²) < 4.78 is 8.70. The highest BCUT2D eigenvalue weighted by molar-refractivity contribution is 6.32. The van der Waals surface area contributed by atoms with E-state index in [0.717, 1.165) is 32.1 Å². The number of benzene rings is 2. The number of hydrogen-bond donors (Lipinski definition) is 2. The smallest absolute Gasteiger partial charge is 0.331 e. The summed E-state index contributed by atoms with van der Waals surface area (Å²) in [6.45, 7) is 1.46. The molecule has 11 nitrogen and oxygen atoms in total. The molecule has 218 valence electrons. The van der Waals surface area contributed by atoms with Gasteiger partial charge in [0.2, 0.25) is 0 Å². The number of hydrogen-bond acceptors (Lipinski definition) is 6. The van der Waals surface area contributed by atoms with E-state index in [4.69, 9.17) is 21.6 Å². The number of nitrogens with one attached hydrogen (secondary N) is 2. The van der Waals surface area contributed by atoms with E-state index in [0.29, 0.717) is 52.8 Å². The minimum atomic E-state index is -0.911. The minimum absolute atomic E-state index is 0.0182. The van der Waals surface area contributed by atoms with Gasteiger partial charge >= 0.3 is 11.7 Å². The molecule has 0 spiro atoms. The number of urea groups is 1. The highest BCUT2D eigenvalue weighted by atomic mass is 35.5. The van der Waals surface area contributed by atoms with E-state index >= 15 is 0 Å². The second-order valence-electron chi connectivity index (χ2n) is 11.3. The van der Waals surface area contributed by atoms with Gasteiger partial charge in [-0.25, -0.2) is 9.59 Å². The molecule has 3 aliphatic rings. The lowest BCUT2D eigenvalue weighted by Gasteiger charge is -2.32. The molecule has 1 atom stereocenters. The Kier molecular flexibility index (Phi) is 7.75. The average molecular weight is 591 g/mol. The van der Waals surface area contributed by atoms with E-state index in [1.54, 1.807) is 28.8 Å². The summed E-state index contributed by atoms with van der Waals surface area (Å²) in [6, 6.07) is 11.2. The first-order valence-electron chi connectivity index (χ1n) is 14.3. The zero-order valence-corrected chi connectivity index (χ0v) is 23.7. The van der Waals surface area contributed by atoms with Gasteiger partial charge in [-0.15, -0.1) is 0 Å². The highest BCUT2D eigenvalue weighted by Crippen LogP contribution is 2.31. The largest absolute Gasteiger partial charge is 0.365 e. The summed E-state index contributed by atoms with van der Waals surface area (Å²) in [6.07, 6.45) is 4.42. The molecule has 3 aromatic rings. The van der Waals surface area contributed by atoms with Crippen LogP contribution in [0, 0.1) is 23.2 Å². The van der Waals surface area contributed by atoms with Gasteiger partial charge in [-0.1, -0.05) is 18.0 Å². The highest BCUT2D eigenvalue weighted by Gasteiger charge is 2.30. The Morgan fingerprint density at radius 1 is 0.976 bits per heavy atom. The topological polar surface area (TPSA) is 138 Å². The van der Waals surface area contributed by atoms with Crippen molar-refractivity contribution in [1.82, 2.24) is 14.0 Å². The van der Waals surface area contributed by atoms with Gasteiger partial charge in [0.1, 0.15) is 6.07 Å².